The Morgan fingerprint density at radius 3 is 2.78 bits per heavy atom. The summed E-state index contributed by atoms with van der Waals surface area (Å²) in [7, 11) is 0. The number of aliphatic hydroxyl groups is 1. The molecule has 0 spiro atoms. The van der Waals surface area contributed by atoms with Gasteiger partial charge in [-0.1, -0.05) is 30.3 Å². The molecular weight excluding hydrogens is 297 g/mol. The van der Waals surface area contributed by atoms with Crippen molar-refractivity contribution in [2.24, 2.45) is 0 Å². The Balaban J connectivity index is 1.62. The monoisotopic (exact) mass is 317 g/mol. The number of aliphatic hydroxyl groups excluding tert-OH is 1. The lowest BCUT2D eigenvalue weighted by Crippen LogP contribution is -2.22. The minimum Gasteiger partial charge on any atom is -0.490 e. The van der Waals surface area contributed by atoms with Gasteiger partial charge in [0.05, 0.1) is 19.3 Å². The third kappa shape index (κ3) is 3.81. The van der Waals surface area contributed by atoms with E-state index in [1.807, 2.05) is 18.2 Å². The Bertz CT molecular complexity index is 662. The molecule has 0 fully saturated rings. The van der Waals surface area contributed by atoms with Crippen LogP contribution in [0, 0.1) is 5.82 Å². The molecule has 1 heterocycles. The summed E-state index contributed by atoms with van der Waals surface area (Å²) in [6, 6.07) is 12.0. The molecule has 1 atom stereocenters. The molecule has 0 unspecified atom stereocenters. The standard InChI is InChI=1S/C18H20FNO3/c19-15-7-2-1-6-14(15)16(21)12-20-11-13-5-3-8-17-18(13)23-10-4-9-22-17/h1-3,5-8,16,20-21H,4,9-12H2/t16-/m0/s1. The van der Waals surface area contributed by atoms with E-state index < -0.39 is 11.9 Å². The summed E-state index contributed by atoms with van der Waals surface area (Å²) in [5.41, 5.74) is 1.26. The second-order valence-electron chi connectivity index (χ2n) is 5.46. The van der Waals surface area contributed by atoms with Gasteiger partial charge in [-0.3, -0.25) is 0 Å². The number of para-hydroxylation sites is 1. The highest BCUT2D eigenvalue weighted by molar-refractivity contribution is 5.47. The van der Waals surface area contributed by atoms with E-state index in [-0.39, 0.29) is 6.54 Å². The molecule has 4 nitrogen and oxygen atoms in total. The largest absolute Gasteiger partial charge is 0.490 e. The van der Waals surface area contributed by atoms with Gasteiger partial charge in [-0.15, -0.1) is 0 Å². The van der Waals surface area contributed by atoms with E-state index in [1.165, 1.54) is 6.07 Å². The summed E-state index contributed by atoms with van der Waals surface area (Å²) in [5, 5.41) is 13.2. The molecule has 2 aromatic rings. The first-order valence-electron chi connectivity index (χ1n) is 7.76. The van der Waals surface area contributed by atoms with E-state index in [9.17, 15) is 9.50 Å². The lowest BCUT2D eigenvalue weighted by atomic mass is 10.1. The van der Waals surface area contributed by atoms with Crippen molar-refractivity contribution >= 4 is 0 Å². The van der Waals surface area contributed by atoms with Crippen LogP contribution in [0.4, 0.5) is 4.39 Å². The van der Waals surface area contributed by atoms with Gasteiger partial charge >= 0.3 is 0 Å². The minimum atomic E-state index is -0.893. The van der Waals surface area contributed by atoms with Crippen molar-refractivity contribution in [3.05, 3.63) is 59.4 Å². The Labute approximate surface area is 134 Å². The number of fused-ring (bicyclic) bond motifs is 1. The van der Waals surface area contributed by atoms with Crippen LogP contribution in [-0.4, -0.2) is 24.9 Å². The van der Waals surface area contributed by atoms with Crippen molar-refractivity contribution in [1.82, 2.24) is 5.32 Å². The van der Waals surface area contributed by atoms with Crippen molar-refractivity contribution in [3.63, 3.8) is 0 Å². The van der Waals surface area contributed by atoms with Gasteiger partial charge in [0.2, 0.25) is 0 Å². The summed E-state index contributed by atoms with van der Waals surface area (Å²) in [5.74, 6) is 1.10. The molecule has 0 radical (unpaired) electrons. The smallest absolute Gasteiger partial charge is 0.165 e. The maximum absolute atomic E-state index is 13.6. The van der Waals surface area contributed by atoms with Crippen molar-refractivity contribution in [3.8, 4) is 11.5 Å². The Kier molecular flexibility index (Phi) is 5.10. The first kappa shape index (κ1) is 15.8. The fourth-order valence-electron chi connectivity index (χ4n) is 2.59. The molecule has 0 saturated heterocycles. The molecule has 2 aromatic carbocycles. The lowest BCUT2D eigenvalue weighted by Gasteiger charge is -2.15. The maximum Gasteiger partial charge on any atom is 0.165 e. The fraction of sp³-hybridized carbons (Fsp3) is 0.333. The van der Waals surface area contributed by atoms with Gasteiger partial charge in [-0.05, 0) is 12.1 Å². The van der Waals surface area contributed by atoms with Gasteiger partial charge in [0, 0.05) is 30.6 Å². The first-order valence-corrected chi connectivity index (χ1v) is 7.76. The molecule has 2 N–H and O–H groups in total. The van der Waals surface area contributed by atoms with E-state index in [1.54, 1.807) is 18.2 Å². The van der Waals surface area contributed by atoms with Crippen LogP contribution in [-0.2, 0) is 6.54 Å². The molecule has 0 amide bonds. The predicted molar refractivity (Wildman–Crippen MR) is 85.1 cm³/mol. The van der Waals surface area contributed by atoms with Crippen molar-refractivity contribution in [2.75, 3.05) is 19.8 Å². The summed E-state index contributed by atoms with van der Waals surface area (Å²) in [4.78, 5) is 0. The third-order valence-corrected chi connectivity index (χ3v) is 3.77. The van der Waals surface area contributed by atoms with E-state index in [4.69, 9.17) is 9.47 Å². The quantitative estimate of drug-likeness (QED) is 0.890. The van der Waals surface area contributed by atoms with Gasteiger partial charge in [-0.2, -0.15) is 0 Å². The van der Waals surface area contributed by atoms with Crippen LogP contribution < -0.4 is 14.8 Å². The average molecular weight is 317 g/mol. The zero-order valence-electron chi connectivity index (χ0n) is 12.8. The highest BCUT2D eigenvalue weighted by Gasteiger charge is 2.15. The van der Waals surface area contributed by atoms with Gasteiger partial charge < -0.3 is 19.9 Å². The number of benzene rings is 2. The van der Waals surface area contributed by atoms with E-state index in [0.29, 0.717) is 25.3 Å². The zero-order valence-corrected chi connectivity index (χ0v) is 12.8. The number of hydrogen-bond acceptors (Lipinski definition) is 4. The minimum absolute atomic E-state index is 0.255. The van der Waals surface area contributed by atoms with Crippen LogP contribution in [0.15, 0.2) is 42.5 Å². The van der Waals surface area contributed by atoms with Crippen LogP contribution in [0.1, 0.15) is 23.7 Å². The SMILES string of the molecule is O[C@@H](CNCc1cccc2c1OCCCO2)c1ccccc1F. The maximum atomic E-state index is 13.6. The molecule has 122 valence electrons. The van der Waals surface area contributed by atoms with E-state index in [0.717, 1.165) is 23.5 Å². The third-order valence-electron chi connectivity index (χ3n) is 3.77. The average Bonchev–Trinajstić information content (AvgIpc) is 2.81. The highest BCUT2D eigenvalue weighted by atomic mass is 19.1. The molecule has 0 aromatic heterocycles. The Morgan fingerprint density at radius 2 is 1.91 bits per heavy atom. The molecule has 0 saturated carbocycles. The summed E-state index contributed by atoms with van der Waals surface area (Å²) < 4.78 is 25.0. The number of hydrogen-bond donors (Lipinski definition) is 2. The number of nitrogens with one attached hydrogen (secondary N) is 1. The molecule has 1 aliphatic heterocycles. The Morgan fingerprint density at radius 1 is 1.09 bits per heavy atom. The normalized spacial score (nSPS) is 15.0. The van der Waals surface area contributed by atoms with Crippen LogP contribution in [0.25, 0.3) is 0 Å². The van der Waals surface area contributed by atoms with Crippen molar-refractivity contribution in [2.45, 2.75) is 19.1 Å². The van der Waals surface area contributed by atoms with Crippen molar-refractivity contribution < 1.29 is 19.0 Å². The van der Waals surface area contributed by atoms with Crippen LogP contribution in [0.5, 0.6) is 11.5 Å². The van der Waals surface area contributed by atoms with Crippen LogP contribution in [0.3, 0.4) is 0 Å². The molecule has 5 heteroatoms. The van der Waals surface area contributed by atoms with Crippen LogP contribution in [0.2, 0.25) is 0 Å². The van der Waals surface area contributed by atoms with Crippen molar-refractivity contribution in [1.29, 1.82) is 0 Å². The second kappa shape index (κ2) is 7.44. The van der Waals surface area contributed by atoms with Gasteiger partial charge in [0.25, 0.3) is 0 Å². The molecule has 1 aliphatic rings. The second-order valence-corrected chi connectivity index (χ2v) is 5.46. The molecule has 23 heavy (non-hydrogen) atoms. The van der Waals surface area contributed by atoms with E-state index in [2.05, 4.69) is 5.32 Å². The van der Waals surface area contributed by atoms with Gasteiger partial charge in [-0.25, -0.2) is 4.39 Å². The molecule has 0 bridgehead atoms. The number of halogens is 1. The summed E-state index contributed by atoms with van der Waals surface area (Å²) in [6.45, 7) is 2.04. The fourth-order valence-corrected chi connectivity index (χ4v) is 2.59. The first-order chi connectivity index (χ1) is 11.3. The number of ether oxygens (including phenoxy) is 2. The lowest BCUT2D eigenvalue weighted by molar-refractivity contribution is 0.169. The predicted octanol–water partition coefficient (Wildman–Crippen LogP) is 2.81. The molecule has 0 aliphatic carbocycles. The zero-order chi connectivity index (χ0) is 16.1. The van der Waals surface area contributed by atoms with E-state index >= 15 is 0 Å². The molecule has 3 rings (SSSR count). The number of rotatable bonds is 5. The topological polar surface area (TPSA) is 50.7 Å². The highest BCUT2D eigenvalue weighted by Crippen LogP contribution is 2.33. The van der Waals surface area contributed by atoms with Gasteiger partial charge in [0.15, 0.2) is 11.5 Å². The Hall–Kier alpha value is -2.11. The summed E-state index contributed by atoms with van der Waals surface area (Å²) in [6.07, 6.45) is -0.0382. The van der Waals surface area contributed by atoms with Gasteiger partial charge in [0.1, 0.15) is 5.82 Å². The summed E-state index contributed by atoms with van der Waals surface area (Å²) >= 11 is 0. The molecular formula is C18H20FNO3. The van der Waals surface area contributed by atoms with Crippen LogP contribution >= 0.6 is 0 Å².